The molecule has 3 aromatic rings. The van der Waals surface area contributed by atoms with Gasteiger partial charge in [0.15, 0.2) is 11.5 Å². The lowest BCUT2D eigenvalue weighted by molar-refractivity contribution is -0.137. The number of sulfonamides is 1. The molecule has 1 fully saturated rings. The molecule has 1 unspecified atom stereocenters. The van der Waals surface area contributed by atoms with Gasteiger partial charge in [0.25, 0.3) is 5.91 Å². The molecular weight excluding hydrogens is 558 g/mol. The van der Waals surface area contributed by atoms with Gasteiger partial charge in [-0.25, -0.2) is 18.5 Å². The Morgan fingerprint density at radius 3 is 2.20 bits per heavy atom. The second-order valence-corrected chi connectivity index (χ2v) is 11.2. The molecular formula is C28H28ClN3O7S. The number of rotatable bonds is 10. The van der Waals surface area contributed by atoms with Gasteiger partial charge in [-0.05, 0) is 66.1 Å². The van der Waals surface area contributed by atoms with Crippen molar-refractivity contribution in [1.82, 2.24) is 4.90 Å². The van der Waals surface area contributed by atoms with Crippen LogP contribution in [0.2, 0.25) is 5.02 Å². The van der Waals surface area contributed by atoms with E-state index in [9.17, 15) is 22.8 Å². The second kappa shape index (κ2) is 12.1. The van der Waals surface area contributed by atoms with Crippen molar-refractivity contribution in [2.45, 2.75) is 30.2 Å². The van der Waals surface area contributed by atoms with Gasteiger partial charge in [0.1, 0.15) is 6.04 Å². The van der Waals surface area contributed by atoms with E-state index < -0.39 is 27.9 Å². The Balaban J connectivity index is 1.60. The number of nitrogens with two attached hydrogens (primary N) is 1. The number of carbonyl (C=O) groups excluding carboxylic acids is 3. The Hall–Kier alpha value is -3.93. The molecule has 210 valence electrons. The number of anilines is 1. The van der Waals surface area contributed by atoms with Crippen molar-refractivity contribution in [2.24, 2.45) is 5.14 Å². The summed E-state index contributed by atoms with van der Waals surface area (Å²) >= 11 is 5.98. The quantitative estimate of drug-likeness (QED) is 0.361. The average Bonchev–Trinajstić information content (AvgIpc) is 3.22. The highest BCUT2D eigenvalue weighted by atomic mass is 35.5. The van der Waals surface area contributed by atoms with Crippen molar-refractivity contribution in [1.29, 1.82) is 0 Å². The Morgan fingerprint density at radius 2 is 1.60 bits per heavy atom. The maximum absolute atomic E-state index is 13.6. The van der Waals surface area contributed by atoms with Gasteiger partial charge in [0.05, 0.1) is 37.6 Å². The summed E-state index contributed by atoms with van der Waals surface area (Å²) in [5, 5.41) is 5.69. The van der Waals surface area contributed by atoms with Gasteiger partial charge in [0, 0.05) is 11.6 Å². The first-order valence-corrected chi connectivity index (χ1v) is 14.2. The smallest absolute Gasteiger partial charge is 0.257 e. The fourth-order valence-corrected chi connectivity index (χ4v) is 5.18. The second-order valence-electron chi connectivity index (χ2n) is 9.16. The molecule has 0 radical (unpaired) electrons. The normalized spacial score (nSPS) is 15.3. The van der Waals surface area contributed by atoms with Crippen LogP contribution in [-0.4, -0.2) is 57.8 Å². The van der Waals surface area contributed by atoms with E-state index in [4.69, 9.17) is 26.2 Å². The fraction of sp³-hybridized carbons (Fsp3) is 0.250. The SMILES string of the molecule is COc1ccc(CCN(C(=O)Cc2ccc(Cl)cc2)C2CC(=O)N(c3ccc(S(N)(=O)=O)cc3)C2=O)cc1OC. The van der Waals surface area contributed by atoms with Gasteiger partial charge < -0.3 is 14.4 Å². The highest BCUT2D eigenvalue weighted by Gasteiger charge is 2.44. The average molecular weight is 586 g/mol. The van der Waals surface area contributed by atoms with E-state index in [2.05, 4.69) is 0 Å². The summed E-state index contributed by atoms with van der Waals surface area (Å²) in [6.45, 7) is 0.157. The molecule has 40 heavy (non-hydrogen) atoms. The molecule has 0 saturated carbocycles. The number of imide groups is 1. The number of ether oxygens (including phenoxy) is 2. The van der Waals surface area contributed by atoms with E-state index in [0.717, 1.165) is 10.5 Å². The molecule has 12 heteroatoms. The predicted octanol–water partition coefficient (Wildman–Crippen LogP) is 2.95. The molecule has 1 saturated heterocycles. The molecule has 1 aliphatic heterocycles. The zero-order chi connectivity index (χ0) is 29.0. The third-order valence-corrected chi connectivity index (χ3v) is 7.78. The van der Waals surface area contributed by atoms with Crippen LogP contribution >= 0.6 is 11.6 Å². The van der Waals surface area contributed by atoms with Crippen molar-refractivity contribution in [3.8, 4) is 11.5 Å². The third-order valence-electron chi connectivity index (χ3n) is 6.60. The Labute approximate surface area is 237 Å². The van der Waals surface area contributed by atoms with Crippen molar-refractivity contribution in [3.05, 3.63) is 82.9 Å². The van der Waals surface area contributed by atoms with Gasteiger partial charge >= 0.3 is 0 Å². The molecule has 1 atom stereocenters. The zero-order valence-corrected chi connectivity index (χ0v) is 23.4. The first kappa shape index (κ1) is 29.1. The van der Waals surface area contributed by atoms with E-state index in [0.29, 0.717) is 28.5 Å². The van der Waals surface area contributed by atoms with Crippen LogP contribution < -0.4 is 19.5 Å². The van der Waals surface area contributed by atoms with Crippen molar-refractivity contribution < 1.29 is 32.3 Å². The molecule has 10 nitrogen and oxygen atoms in total. The maximum atomic E-state index is 13.6. The summed E-state index contributed by atoms with van der Waals surface area (Å²) in [5.41, 5.74) is 1.74. The van der Waals surface area contributed by atoms with Crippen LogP contribution in [0.3, 0.4) is 0 Å². The first-order chi connectivity index (χ1) is 19.0. The predicted molar refractivity (Wildman–Crippen MR) is 149 cm³/mol. The highest BCUT2D eigenvalue weighted by molar-refractivity contribution is 7.89. The molecule has 3 amide bonds. The number of amides is 3. The van der Waals surface area contributed by atoms with Gasteiger partial charge in [-0.1, -0.05) is 29.8 Å². The van der Waals surface area contributed by atoms with Crippen LogP contribution in [0.1, 0.15) is 17.5 Å². The molecule has 0 aromatic heterocycles. The monoisotopic (exact) mass is 585 g/mol. The maximum Gasteiger partial charge on any atom is 0.257 e. The molecule has 1 heterocycles. The summed E-state index contributed by atoms with van der Waals surface area (Å²) in [6.07, 6.45) is 0.173. The van der Waals surface area contributed by atoms with E-state index in [-0.39, 0.29) is 35.9 Å². The minimum atomic E-state index is -3.95. The molecule has 0 bridgehead atoms. The fourth-order valence-electron chi connectivity index (χ4n) is 4.53. The number of nitrogens with zero attached hydrogens (tertiary/aromatic N) is 2. The van der Waals surface area contributed by atoms with Crippen LogP contribution in [0.4, 0.5) is 5.69 Å². The van der Waals surface area contributed by atoms with Gasteiger partial charge in [-0.15, -0.1) is 0 Å². The lowest BCUT2D eigenvalue weighted by atomic mass is 10.1. The van der Waals surface area contributed by atoms with Gasteiger partial charge in [-0.3, -0.25) is 14.4 Å². The number of benzene rings is 3. The number of hydrogen-bond donors (Lipinski definition) is 1. The van der Waals surface area contributed by atoms with Gasteiger partial charge in [0.2, 0.25) is 21.8 Å². The number of halogens is 1. The first-order valence-electron chi connectivity index (χ1n) is 12.3. The van der Waals surface area contributed by atoms with E-state index in [1.807, 2.05) is 6.07 Å². The molecule has 0 spiro atoms. The highest BCUT2D eigenvalue weighted by Crippen LogP contribution is 2.30. The zero-order valence-electron chi connectivity index (χ0n) is 21.9. The summed E-state index contributed by atoms with van der Waals surface area (Å²) < 4.78 is 33.9. The summed E-state index contributed by atoms with van der Waals surface area (Å²) in [5.74, 6) is -0.331. The van der Waals surface area contributed by atoms with Crippen molar-refractivity contribution in [3.63, 3.8) is 0 Å². The van der Waals surface area contributed by atoms with E-state index in [1.54, 1.807) is 36.4 Å². The van der Waals surface area contributed by atoms with Gasteiger partial charge in [-0.2, -0.15) is 0 Å². The topological polar surface area (TPSA) is 136 Å². The lowest BCUT2D eigenvalue weighted by Crippen LogP contribution is -2.47. The van der Waals surface area contributed by atoms with Crippen LogP contribution in [0, 0.1) is 0 Å². The van der Waals surface area contributed by atoms with E-state index in [1.165, 1.54) is 43.4 Å². The summed E-state index contributed by atoms with van der Waals surface area (Å²) in [4.78, 5) is 42.4. The lowest BCUT2D eigenvalue weighted by Gasteiger charge is -2.28. The van der Waals surface area contributed by atoms with Crippen LogP contribution in [0.5, 0.6) is 11.5 Å². The van der Waals surface area contributed by atoms with E-state index >= 15 is 0 Å². The number of primary sulfonamides is 1. The van der Waals surface area contributed by atoms with Crippen molar-refractivity contribution in [2.75, 3.05) is 25.7 Å². The summed E-state index contributed by atoms with van der Waals surface area (Å²) in [7, 11) is -0.890. The van der Waals surface area contributed by atoms with Crippen LogP contribution in [0.25, 0.3) is 0 Å². The van der Waals surface area contributed by atoms with Crippen molar-refractivity contribution >= 4 is 45.0 Å². The Morgan fingerprint density at radius 1 is 0.975 bits per heavy atom. The molecule has 0 aliphatic carbocycles. The molecule has 4 rings (SSSR count). The number of hydrogen-bond acceptors (Lipinski definition) is 7. The van der Waals surface area contributed by atoms with Crippen LogP contribution in [-0.2, 0) is 37.2 Å². The largest absolute Gasteiger partial charge is 0.493 e. The minimum Gasteiger partial charge on any atom is -0.493 e. The summed E-state index contributed by atoms with van der Waals surface area (Å²) in [6, 6.07) is 16.3. The number of methoxy groups -OCH3 is 2. The molecule has 3 aromatic carbocycles. The standard InChI is InChI=1S/C28H28ClN3O7S/c1-38-24-12-5-19(15-25(24)39-2)13-14-31(26(33)16-18-3-6-20(29)7-4-18)23-17-27(34)32(28(23)35)21-8-10-22(11-9-21)40(30,36)37/h3-12,15,23H,13-14,16-17H2,1-2H3,(H2,30,36,37). The molecule has 1 aliphatic rings. The Bertz CT molecular complexity index is 1530. The third kappa shape index (κ3) is 6.44. The minimum absolute atomic E-state index is 0.00410. The molecule has 2 N–H and O–H groups in total. The Kier molecular flexibility index (Phi) is 8.77. The van der Waals surface area contributed by atoms with Crippen LogP contribution in [0.15, 0.2) is 71.6 Å². The number of carbonyl (C=O) groups is 3.